The lowest BCUT2D eigenvalue weighted by atomic mass is 10.1. The second-order valence-electron chi connectivity index (χ2n) is 6.81. The van der Waals surface area contributed by atoms with Crippen LogP contribution in [0.25, 0.3) is 16.9 Å². The molecule has 0 saturated heterocycles. The van der Waals surface area contributed by atoms with Crippen molar-refractivity contribution in [2.24, 2.45) is 0 Å². The number of carbonyl (C=O) groups is 1. The summed E-state index contributed by atoms with van der Waals surface area (Å²) in [5, 5.41) is 15.0. The van der Waals surface area contributed by atoms with Crippen molar-refractivity contribution < 1.29 is 41.0 Å². The third-order valence-electron chi connectivity index (χ3n) is 4.42. The third-order valence-corrected chi connectivity index (χ3v) is 4.42. The van der Waals surface area contributed by atoms with Gasteiger partial charge >= 0.3 is 12.8 Å². The van der Waals surface area contributed by atoms with Gasteiger partial charge in [-0.15, -0.1) is 0 Å². The number of aliphatic hydroxyl groups excluding tert-OH is 1. The highest BCUT2D eigenvalue weighted by Crippen LogP contribution is 2.23. The average Bonchev–Trinajstić information content (AvgIpc) is 2.77. The summed E-state index contributed by atoms with van der Waals surface area (Å²) in [6.45, 7) is -4.29. The van der Waals surface area contributed by atoms with Crippen LogP contribution in [0.15, 0.2) is 59.4 Å². The largest absolute Gasteiger partial charge is 0.435 e. The Morgan fingerprint density at radius 3 is 2.38 bits per heavy atom. The van der Waals surface area contributed by atoms with Crippen molar-refractivity contribution in [3.8, 4) is 22.7 Å². The van der Waals surface area contributed by atoms with Crippen LogP contribution < -0.4 is 15.6 Å². The minimum atomic E-state index is -5.00. The first-order valence-electron chi connectivity index (χ1n) is 9.44. The molecule has 3 rings (SSSR count). The number of ether oxygens (including phenoxy) is 1. The molecule has 2 N–H and O–H groups in total. The standard InChI is InChI=1S/C21H15F6N3O4/c22-12-2-1-3-13(8-12)30-19(33)15(18(32)28-10-17(31)21(25,26)27)9-16(29-30)11-4-6-14(7-5-11)34-20(23)24/h1-9,17,20,31H,10H2,(H,28,32)/t17-/m0/s1. The van der Waals surface area contributed by atoms with Crippen molar-refractivity contribution in [3.05, 3.63) is 76.3 Å². The number of nitrogens with one attached hydrogen (secondary N) is 1. The van der Waals surface area contributed by atoms with E-state index in [1.54, 1.807) is 0 Å². The molecule has 7 nitrogen and oxygen atoms in total. The van der Waals surface area contributed by atoms with E-state index in [4.69, 9.17) is 5.11 Å². The van der Waals surface area contributed by atoms with Crippen LogP contribution in [-0.4, -0.2) is 46.2 Å². The Balaban J connectivity index is 2.05. The molecule has 34 heavy (non-hydrogen) atoms. The van der Waals surface area contributed by atoms with Gasteiger partial charge in [0, 0.05) is 5.56 Å². The molecule has 0 bridgehead atoms. The van der Waals surface area contributed by atoms with E-state index in [9.17, 15) is 35.9 Å². The van der Waals surface area contributed by atoms with Crippen molar-refractivity contribution in [3.63, 3.8) is 0 Å². The van der Waals surface area contributed by atoms with Gasteiger partial charge in [-0.25, -0.2) is 4.39 Å². The van der Waals surface area contributed by atoms with Crippen LogP contribution in [0.3, 0.4) is 0 Å². The fraction of sp³-hybridized carbons (Fsp3) is 0.190. The van der Waals surface area contributed by atoms with Gasteiger partial charge in [-0.3, -0.25) is 9.59 Å². The van der Waals surface area contributed by atoms with E-state index in [1.807, 2.05) is 5.32 Å². The molecule has 0 aliphatic carbocycles. The van der Waals surface area contributed by atoms with Crippen molar-refractivity contribution >= 4 is 5.91 Å². The van der Waals surface area contributed by atoms with Crippen LogP contribution in [-0.2, 0) is 0 Å². The molecular formula is C21H15F6N3O4. The maximum Gasteiger partial charge on any atom is 0.416 e. The molecule has 0 aliphatic heterocycles. The van der Waals surface area contributed by atoms with Crippen LogP contribution in [0.2, 0.25) is 0 Å². The summed E-state index contributed by atoms with van der Waals surface area (Å²) >= 11 is 0. The number of hydrogen-bond acceptors (Lipinski definition) is 5. The Morgan fingerprint density at radius 1 is 1.12 bits per heavy atom. The van der Waals surface area contributed by atoms with Crippen LogP contribution in [0.4, 0.5) is 26.3 Å². The smallest absolute Gasteiger partial charge is 0.416 e. The van der Waals surface area contributed by atoms with Gasteiger partial charge in [0.2, 0.25) is 0 Å². The monoisotopic (exact) mass is 487 g/mol. The Kier molecular flexibility index (Phi) is 7.25. The third kappa shape index (κ3) is 5.92. The lowest BCUT2D eigenvalue weighted by Gasteiger charge is -2.15. The zero-order valence-electron chi connectivity index (χ0n) is 16.9. The van der Waals surface area contributed by atoms with Crippen LogP contribution in [0, 0.1) is 5.82 Å². The van der Waals surface area contributed by atoms with E-state index in [0.29, 0.717) is 4.68 Å². The van der Waals surface area contributed by atoms with Crippen molar-refractivity contribution in [2.75, 3.05) is 6.54 Å². The number of aromatic nitrogens is 2. The molecule has 1 atom stereocenters. The summed E-state index contributed by atoms with van der Waals surface area (Å²) in [6, 6.07) is 10.5. The molecule has 2 aromatic carbocycles. The number of hydrogen-bond donors (Lipinski definition) is 2. The summed E-state index contributed by atoms with van der Waals surface area (Å²) in [7, 11) is 0. The summed E-state index contributed by atoms with van der Waals surface area (Å²) in [5.74, 6) is -2.17. The first-order chi connectivity index (χ1) is 16.0. The number of amides is 1. The van der Waals surface area contributed by atoms with E-state index >= 15 is 0 Å². The average molecular weight is 487 g/mol. The number of halogens is 6. The van der Waals surface area contributed by atoms with Gasteiger partial charge < -0.3 is 15.2 Å². The van der Waals surface area contributed by atoms with Crippen molar-refractivity contribution in [1.29, 1.82) is 0 Å². The predicted molar refractivity (Wildman–Crippen MR) is 106 cm³/mol. The molecular weight excluding hydrogens is 472 g/mol. The van der Waals surface area contributed by atoms with E-state index in [1.165, 1.54) is 36.4 Å². The van der Waals surface area contributed by atoms with Gasteiger partial charge in [-0.05, 0) is 48.5 Å². The van der Waals surface area contributed by atoms with Gasteiger partial charge in [-0.1, -0.05) is 6.07 Å². The van der Waals surface area contributed by atoms with Crippen LogP contribution in [0.1, 0.15) is 10.4 Å². The molecule has 1 heterocycles. The Morgan fingerprint density at radius 2 is 1.79 bits per heavy atom. The number of carbonyl (C=O) groups excluding carboxylic acids is 1. The second-order valence-corrected chi connectivity index (χ2v) is 6.81. The van der Waals surface area contributed by atoms with Gasteiger partial charge in [0.1, 0.15) is 17.1 Å². The highest BCUT2D eigenvalue weighted by Gasteiger charge is 2.38. The quantitative estimate of drug-likeness (QED) is 0.499. The fourth-order valence-corrected chi connectivity index (χ4v) is 2.79. The van der Waals surface area contributed by atoms with Crippen molar-refractivity contribution in [2.45, 2.75) is 18.9 Å². The fourth-order valence-electron chi connectivity index (χ4n) is 2.79. The minimum absolute atomic E-state index is 0.0611. The molecule has 1 amide bonds. The highest BCUT2D eigenvalue weighted by molar-refractivity contribution is 5.94. The molecule has 0 spiro atoms. The van der Waals surface area contributed by atoms with E-state index in [-0.39, 0.29) is 22.7 Å². The summed E-state index contributed by atoms with van der Waals surface area (Å²) in [4.78, 5) is 25.4. The first-order valence-corrected chi connectivity index (χ1v) is 9.44. The lowest BCUT2D eigenvalue weighted by molar-refractivity contribution is -0.201. The molecule has 1 aromatic heterocycles. The van der Waals surface area contributed by atoms with E-state index in [2.05, 4.69) is 9.84 Å². The highest BCUT2D eigenvalue weighted by atomic mass is 19.4. The molecule has 0 fully saturated rings. The predicted octanol–water partition coefficient (Wildman–Crippen LogP) is 3.29. The van der Waals surface area contributed by atoms with Gasteiger partial charge in [0.25, 0.3) is 11.5 Å². The van der Waals surface area contributed by atoms with Gasteiger partial charge in [0.15, 0.2) is 6.10 Å². The number of nitrogens with zero attached hydrogens (tertiary/aromatic N) is 2. The SMILES string of the molecule is O=C(NC[C@H](O)C(F)(F)F)c1cc(-c2ccc(OC(F)F)cc2)nn(-c2cccc(F)c2)c1=O. The molecule has 13 heteroatoms. The van der Waals surface area contributed by atoms with Gasteiger partial charge in [0.05, 0.1) is 17.9 Å². The maximum absolute atomic E-state index is 13.7. The Labute approximate surface area is 187 Å². The zero-order chi connectivity index (χ0) is 25.0. The van der Waals surface area contributed by atoms with Crippen LogP contribution in [0.5, 0.6) is 5.75 Å². The Hall–Kier alpha value is -3.87. The summed E-state index contributed by atoms with van der Waals surface area (Å²) in [6.07, 6.45) is -7.87. The second kappa shape index (κ2) is 9.95. The molecule has 0 saturated carbocycles. The lowest BCUT2D eigenvalue weighted by Crippen LogP contribution is -2.42. The Bertz CT molecular complexity index is 1230. The van der Waals surface area contributed by atoms with Crippen LogP contribution >= 0.6 is 0 Å². The number of benzene rings is 2. The van der Waals surface area contributed by atoms with Gasteiger partial charge in [-0.2, -0.15) is 31.7 Å². The molecule has 0 aliphatic rings. The normalized spacial score (nSPS) is 12.5. The number of alkyl halides is 5. The topological polar surface area (TPSA) is 93.4 Å². The molecule has 0 unspecified atom stereocenters. The molecule has 0 radical (unpaired) electrons. The number of rotatable bonds is 7. The minimum Gasteiger partial charge on any atom is -0.435 e. The zero-order valence-corrected chi connectivity index (χ0v) is 16.9. The summed E-state index contributed by atoms with van der Waals surface area (Å²) < 4.78 is 80.9. The van der Waals surface area contributed by atoms with E-state index in [0.717, 1.165) is 18.2 Å². The molecule has 3 aromatic rings. The number of aliphatic hydroxyl groups is 1. The first kappa shape index (κ1) is 24.8. The van der Waals surface area contributed by atoms with E-state index < -0.39 is 48.3 Å². The summed E-state index contributed by atoms with van der Waals surface area (Å²) in [5.41, 5.74) is -1.67. The molecule has 180 valence electrons. The van der Waals surface area contributed by atoms with Crippen molar-refractivity contribution in [1.82, 2.24) is 15.1 Å². The maximum atomic E-state index is 13.7.